The van der Waals surface area contributed by atoms with Crippen LogP contribution in [0.25, 0.3) is 0 Å². The summed E-state index contributed by atoms with van der Waals surface area (Å²) < 4.78 is 0. The van der Waals surface area contributed by atoms with Crippen molar-refractivity contribution < 1.29 is 24.6 Å². The highest BCUT2D eigenvalue weighted by molar-refractivity contribution is 5.89. The van der Waals surface area contributed by atoms with Crippen molar-refractivity contribution >= 4 is 17.8 Å². The van der Waals surface area contributed by atoms with Gasteiger partial charge in [0.2, 0.25) is 5.91 Å². The van der Waals surface area contributed by atoms with Gasteiger partial charge >= 0.3 is 11.9 Å². The summed E-state index contributed by atoms with van der Waals surface area (Å²) in [5.41, 5.74) is 0. The second-order valence-electron chi connectivity index (χ2n) is 4.41. The van der Waals surface area contributed by atoms with Crippen LogP contribution >= 0.6 is 0 Å². The number of hydrogen-bond acceptors (Lipinski definition) is 4. The molecule has 1 amide bonds. The van der Waals surface area contributed by atoms with E-state index < -0.39 is 36.4 Å². The third-order valence-corrected chi connectivity index (χ3v) is 2.71. The van der Waals surface area contributed by atoms with Crippen molar-refractivity contribution in [2.45, 2.75) is 32.4 Å². The van der Waals surface area contributed by atoms with E-state index in [1.165, 1.54) is 7.05 Å². The first kappa shape index (κ1) is 16.4. The molecule has 0 saturated heterocycles. The van der Waals surface area contributed by atoms with Crippen molar-refractivity contribution in [1.29, 1.82) is 0 Å². The van der Waals surface area contributed by atoms with Crippen LogP contribution in [0.3, 0.4) is 0 Å². The molecule has 7 nitrogen and oxygen atoms in total. The predicted octanol–water partition coefficient (Wildman–Crippen LogP) is -0.383. The van der Waals surface area contributed by atoms with E-state index in [9.17, 15) is 14.4 Å². The first-order chi connectivity index (χ1) is 8.22. The van der Waals surface area contributed by atoms with E-state index in [-0.39, 0.29) is 5.92 Å². The van der Waals surface area contributed by atoms with Crippen molar-refractivity contribution in [1.82, 2.24) is 10.2 Å². The molecule has 0 aromatic rings. The Morgan fingerprint density at radius 3 is 2.00 bits per heavy atom. The Hall–Kier alpha value is -1.63. The van der Waals surface area contributed by atoms with Crippen molar-refractivity contribution in [3.63, 3.8) is 0 Å². The Morgan fingerprint density at radius 2 is 1.72 bits per heavy atom. The number of carboxylic acid groups (broad SMARTS) is 2. The minimum absolute atomic E-state index is 0.0239. The Morgan fingerprint density at radius 1 is 1.22 bits per heavy atom. The maximum absolute atomic E-state index is 12.1. The summed E-state index contributed by atoms with van der Waals surface area (Å²) in [5.74, 6) is -3.04. The molecule has 0 aliphatic heterocycles. The van der Waals surface area contributed by atoms with Crippen LogP contribution in [0.5, 0.6) is 0 Å². The average molecular weight is 260 g/mol. The molecule has 18 heavy (non-hydrogen) atoms. The Balaban J connectivity index is 4.96. The molecule has 0 radical (unpaired) electrons. The van der Waals surface area contributed by atoms with Crippen molar-refractivity contribution in [2.75, 3.05) is 14.1 Å². The van der Waals surface area contributed by atoms with Gasteiger partial charge in [0, 0.05) is 7.05 Å². The van der Waals surface area contributed by atoms with Crippen LogP contribution in [-0.2, 0) is 14.4 Å². The molecule has 3 N–H and O–H groups in total. The molecule has 0 aromatic carbocycles. The summed E-state index contributed by atoms with van der Waals surface area (Å²) in [6.45, 7) is 3.64. The summed E-state index contributed by atoms with van der Waals surface area (Å²) >= 11 is 0. The molecule has 0 aromatic heterocycles. The van der Waals surface area contributed by atoms with Gasteiger partial charge in [-0.3, -0.25) is 9.59 Å². The molecule has 0 bridgehead atoms. The summed E-state index contributed by atoms with van der Waals surface area (Å²) in [7, 11) is 2.90. The molecule has 0 unspecified atom stereocenters. The van der Waals surface area contributed by atoms with E-state index >= 15 is 0 Å². The predicted molar refractivity (Wildman–Crippen MR) is 64.1 cm³/mol. The van der Waals surface area contributed by atoms with Gasteiger partial charge in [-0.15, -0.1) is 0 Å². The van der Waals surface area contributed by atoms with Gasteiger partial charge in [-0.2, -0.15) is 0 Å². The van der Waals surface area contributed by atoms with E-state index in [0.717, 1.165) is 4.90 Å². The van der Waals surface area contributed by atoms with Gasteiger partial charge < -0.3 is 20.4 Å². The van der Waals surface area contributed by atoms with Gasteiger partial charge in [-0.1, -0.05) is 13.8 Å². The van der Waals surface area contributed by atoms with Crippen LogP contribution < -0.4 is 5.32 Å². The minimum atomic E-state index is -1.36. The molecule has 0 spiro atoms. The number of rotatable bonds is 7. The molecule has 0 rings (SSSR count). The first-order valence-corrected chi connectivity index (χ1v) is 5.60. The number of carboxylic acids is 2. The molecule has 7 heteroatoms. The largest absolute Gasteiger partial charge is 0.481 e. The highest BCUT2D eigenvalue weighted by atomic mass is 16.4. The standard InChI is InChI=1S/C11H20N2O5/c1-6(2)9(12-3)10(16)13(4)7(11(17)18)5-8(14)15/h6-7,9,12H,5H2,1-4H3,(H,14,15)(H,17,18)/t7-,9-/m0/s1. The molecule has 104 valence electrons. The van der Waals surface area contributed by atoms with E-state index in [4.69, 9.17) is 10.2 Å². The quantitative estimate of drug-likeness (QED) is 0.576. The molecular weight excluding hydrogens is 240 g/mol. The van der Waals surface area contributed by atoms with Crippen LogP contribution in [0.2, 0.25) is 0 Å². The normalized spacial score (nSPS) is 14.1. The van der Waals surface area contributed by atoms with E-state index in [2.05, 4.69) is 5.32 Å². The maximum Gasteiger partial charge on any atom is 0.327 e. The van der Waals surface area contributed by atoms with Gasteiger partial charge in [0.25, 0.3) is 0 Å². The maximum atomic E-state index is 12.1. The number of aliphatic carboxylic acids is 2. The second kappa shape index (κ2) is 6.95. The highest BCUT2D eigenvalue weighted by Crippen LogP contribution is 2.10. The Bertz CT molecular complexity index is 329. The van der Waals surface area contributed by atoms with Crippen molar-refractivity contribution in [2.24, 2.45) is 5.92 Å². The molecule has 0 heterocycles. The molecule has 0 saturated carbocycles. The Kier molecular flexibility index (Phi) is 6.32. The van der Waals surface area contributed by atoms with E-state index in [0.29, 0.717) is 0 Å². The molecule has 0 fully saturated rings. The number of likely N-dealkylation sites (N-methyl/N-ethyl adjacent to an activating group) is 2. The number of hydrogen-bond donors (Lipinski definition) is 3. The van der Waals surface area contributed by atoms with Gasteiger partial charge in [0.05, 0.1) is 12.5 Å². The summed E-state index contributed by atoms with van der Waals surface area (Å²) in [5, 5.41) is 20.4. The third kappa shape index (κ3) is 4.33. The third-order valence-electron chi connectivity index (χ3n) is 2.71. The SMILES string of the molecule is CN[C@H](C(=O)N(C)[C@@H](CC(=O)O)C(=O)O)C(C)C. The minimum Gasteiger partial charge on any atom is -0.481 e. The average Bonchev–Trinajstić information content (AvgIpc) is 2.24. The van der Waals surface area contributed by atoms with Crippen LogP contribution in [0.4, 0.5) is 0 Å². The lowest BCUT2D eigenvalue weighted by molar-refractivity contribution is -0.154. The first-order valence-electron chi connectivity index (χ1n) is 5.60. The smallest absolute Gasteiger partial charge is 0.327 e. The number of nitrogens with zero attached hydrogens (tertiary/aromatic N) is 1. The summed E-state index contributed by atoms with van der Waals surface area (Å²) in [6.07, 6.45) is -0.619. The summed E-state index contributed by atoms with van der Waals surface area (Å²) in [4.78, 5) is 34.6. The fourth-order valence-electron chi connectivity index (χ4n) is 1.67. The lowest BCUT2D eigenvalue weighted by atomic mass is 10.0. The number of amides is 1. The zero-order valence-corrected chi connectivity index (χ0v) is 11.0. The Labute approximate surface area is 106 Å². The van der Waals surface area contributed by atoms with Gasteiger partial charge in [0.15, 0.2) is 0 Å². The number of nitrogens with one attached hydrogen (secondary N) is 1. The molecule has 0 aliphatic carbocycles. The lowest BCUT2D eigenvalue weighted by Crippen LogP contribution is -2.52. The van der Waals surface area contributed by atoms with Crippen molar-refractivity contribution in [3.05, 3.63) is 0 Å². The van der Waals surface area contributed by atoms with Crippen LogP contribution in [0.15, 0.2) is 0 Å². The highest BCUT2D eigenvalue weighted by Gasteiger charge is 2.33. The van der Waals surface area contributed by atoms with Crippen LogP contribution in [-0.4, -0.2) is 59.1 Å². The molecule has 0 aliphatic rings. The van der Waals surface area contributed by atoms with Crippen LogP contribution in [0, 0.1) is 5.92 Å². The second-order valence-corrected chi connectivity index (χ2v) is 4.41. The molecule has 2 atom stereocenters. The summed E-state index contributed by atoms with van der Waals surface area (Å²) in [6, 6.07) is -1.89. The lowest BCUT2D eigenvalue weighted by Gasteiger charge is -2.29. The number of carbonyl (C=O) groups is 3. The zero-order chi connectivity index (χ0) is 14.5. The van der Waals surface area contributed by atoms with Gasteiger partial charge in [0.1, 0.15) is 6.04 Å². The fraction of sp³-hybridized carbons (Fsp3) is 0.727. The topological polar surface area (TPSA) is 107 Å². The monoisotopic (exact) mass is 260 g/mol. The zero-order valence-electron chi connectivity index (χ0n) is 11.0. The van der Waals surface area contributed by atoms with E-state index in [1.54, 1.807) is 7.05 Å². The van der Waals surface area contributed by atoms with E-state index in [1.807, 2.05) is 13.8 Å². The van der Waals surface area contributed by atoms with Crippen LogP contribution in [0.1, 0.15) is 20.3 Å². The van der Waals surface area contributed by atoms with Crippen molar-refractivity contribution in [3.8, 4) is 0 Å². The van der Waals surface area contributed by atoms with Gasteiger partial charge in [-0.25, -0.2) is 4.79 Å². The molecular formula is C11H20N2O5. The van der Waals surface area contributed by atoms with Gasteiger partial charge in [-0.05, 0) is 13.0 Å². The fourth-order valence-corrected chi connectivity index (χ4v) is 1.67. The number of carbonyl (C=O) groups excluding carboxylic acids is 1.